The first-order valence-electron chi connectivity index (χ1n) is 4.41. The Balaban J connectivity index is 2.98. The molecule has 0 spiro atoms. The molecule has 0 bridgehead atoms. The van der Waals surface area contributed by atoms with Gasteiger partial charge in [-0.1, -0.05) is 0 Å². The summed E-state index contributed by atoms with van der Waals surface area (Å²) in [7, 11) is 0. The molecule has 0 aliphatic heterocycles. The normalized spacial score (nSPS) is 10.6. The molecule has 2 aromatic rings. The zero-order chi connectivity index (χ0) is 10.1. The van der Waals surface area contributed by atoms with Gasteiger partial charge in [-0.05, 0) is 19.1 Å². The molecule has 0 unspecified atom stereocenters. The van der Waals surface area contributed by atoms with Crippen molar-refractivity contribution in [3.05, 3.63) is 34.7 Å². The highest BCUT2D eigenvalue weighted by Gasteiger charge is 2.06. The van der Waals surface area contributed by atoms with Crippen molar-refractivity contribution < 1.29 is 5.11 Å². The van der Waals surface area contributed by atoms with Crippen molar-refractivity contribution in [3.8, 4) is 5.75 Å². The summed E-state index contributed by atoms with van der Waals surface area (Å²) in [5.74, 6) is -0.0113. The SMILES string of the molecule is CCn1c(=O)cc(O)c2cccnc21. The van der Waals surface area contributed by atoms with Crippen LogP contribution in [0.5, 0.6) is 5.75 Å². The molecule has 2 rings (SSSR count). The molecule has 0 amide bonds. The van der Waals surface area contributed by atoms with E-state index in [-0.39, 0.29) is 11.3 Å². The Bertz CT molecular complexity index is 531. The number of aryl methyl sites for hydroxylation is 1. The minimum Gasteiger partial charge on any atom is -0.507 e. The Kier molecular flexibility index (Phi) is 1.96. The molecule has 0 aliphatic rings. The number of rotatable bonds is 1. The summed E-state index contributed by atoms with van der Waals surface area (Å²) in [6.45, 7) is 2.42. The van der Waals surface area contributed by atoms with Crippen LogP contribution in [0.1, 0.15) is 6.92 Å². The number of aromatic nitrogens is 2. The molecule has 0 fully saturated rings. The van der Waals surface area contributed by atoms with E-state index in [1.54, 1.807) is 18.3 Å². The molecular formula is C10H10N2O2. The van der Waals surface area contributed by atoms with Crippen LogP contribution >= 0.6 is 0 Å². The van der Waals surface area contributed by atoms with Gasteiger partial charge in [-0.15, -0.1) is 0 Å². The molecule has 0 saturated heterocycles. The van der Waals surface area contributed by atoms with Gasteiger partial charge in [-0.25, -0.2) is 4.98 Å². The molecule has 4 heteroatoms. The minimum absolute atomic E-state index is 0.0113. The van der Waals surface area contributed by atoms with Crippen LogP contribution in [0.15, 0.2) is 29.2 Å². The summed E-state index contributed by atoms with van der Waals surface area (Å²) in [5, 5.41) is 10.1. The van der Waals surface area contributed by atoms with Crippen LogP contribution < -0.4 is 5.56 Å². The number of aromatic hydroxyl groups is 1. The van der Waals surface area contributed by atoms with E-state index in [9.17, 15) is 9.90 Å². The zero-order valence-corrected chi connectivity index (χ0v) is 7.77. The molecule has 4 nitrogen and oxygen atoms in total. The van der Waals surface area contributed by atoms with Crippen molar-refractivity contribution in [2.24, 2.45) is 0 Å². The van der Waals surface area contributed by atoms with Gasteiger partial charge in [0, 0.05) is 18.8 Å². The van der Waals surface area contributed by atoms with E-state index >= 15 is 0 Å². The molecule has 1 N–H and O–H groups in total. The molecular weight excluding hydrogens is 180 g/mol. The van der Waals surface area contributed by atoms with Crippen molar-refractivity contribution in [3.63, 3.8) is 0 Å². The van der Waals surface area contributed by atoms with Crippen LogP contribution in [0.2, 0.25) is 0 Å². The lowest BCUT2D eigenvalue weighted by atomic mass is 10.2. The lowest BCUT2D eigenvalue weighted by Gasteiger charge is -2.06. The molecule has 0 saturated carbocycles. The smallest absolute Gasteiger partial charge is 0.255 e. The second-order valence-corrected chi connectivity index (χ2v) is 2.99. The van der Waals surface area contributed by atoms with Crippen LogP contribution in [0.4, 0.5) is 0 Å². The van der Waals surface area contributed by atoms with Gasteiger partial charge < -0.3 is 5.11 Å². The maximum absolute atomic E-state index is 11.4. The van der Waals surface area contributed by atoms with E-state index in [4.69, 9.17) is 0 Å². The van der Waals surface area contributed by atoms with Gasteiger partial charge in [0.2, 0.25) is 0 Å². The summed E-state index contributed by atoms with van der Waals surface area (Å²) in [5.41, 5.74) is 0.302. The van der Waals surface area contributed by atoms with Crippen LogP contribution in [0.3, 0.4) is 0 Å². The fourth-order valence-corrected chi connectivity index (χ4v) is 1.49. The van der Waals surface area contributed by atoms with Crippen molar-refractivity contribution in [2.75, 3.05) is 0 Å². The Labute approximate surface area is 80.4 Å². The largest absolute Gasteiger partial charge is 0.507 e. The quantitative estimate of drug-likeness (QED) is 0.733. The molecule has 0 radical (unpaired) electrons. The maximum Gasteiger partial charge on any atom is 0.255 e. The van der Waals surface area contributed by atoms with E-state index < -0.39 is 0 Å². The molecule has 0 aromatic carbocycles. The van der Waals surface area contributed by atoms with E-state index in [1.807, 2.05) is 6.92 Å². The summed E-state index contributed by atoms with van der Waals surface area (Å²) in [4.78, 5) is 15.5. The summed E-state index contributed by atoms with van der Waals surface area (Å²) < 4.78 is 1.52. The van der Waals surface area contributed by atoms with Crippen LogP contribution in [0.25, 0.3) is 11.0 Å². The van der Waals surface area contributed by atoms with Gasteiger partial charge in [-0.2, -0.15) is 0 Å². The van der Waals surface area contributed by atoms with Gasteiger partial charge in [0.15, 0.2) is 0 Å². The average Bonchev–Trinajstić information content (AvgIpc) is 2.18. The highest BCUT2D eigenvalue weighted by molar-refractivity contribution is 5.81. The average molecular weight is 190 g/mol. The van der Waals surface area contributed by atoms with Crippen molar-refractivity contribution in [1.82, 2.24) is 9.55 Å². The molecule has 2 heterocycles. The molecule has 2 aromatic heterocycles. The maximum atomic E-state index is 11.4. The predicted octanol–water partition coefficient (Wildman–Crippen LogP) is 1.12. The summed E-state index contributed by atoms with van der Waals surface area (Å²) >= 11 is 0. The van der Waals surface area contributed by atoms with Crippen molar-refractivity contribution in [2.45, 2.75) is 13.5 Å². The van der Waals surface area contributed by atoms with E-state index in [2.05, 4.69) is 4.98 Å². The van der Waals surface area contributed by atoms with Crippen LogP contribution in [-0.2, 0) is 6.54 Å². The molecule has 0 atom stereocenters. The Morgan fingerprint density at radius 3 is 3.07 bits per heavy atom. The van der Waals surface area contributed by atoms with Gasteiger partial charge in [-0.3, -0.25) is 9.36 Å². The summed E-state index contributed by atoms with van der Waals surface area (Å²) in [6.07, 6.45) is 1.60. The van der Waals surface area contributed by atoms with Gasteiger partial charge in [0.1, 0.15) is 11.4 Å². The lowest BCUT2D eigenvalue weighted by molar-refractivity contribution is 0.478. The fraction of sp³-hybridized carbons (Fsp3) is 0.200. The second-order valence-electron chi connectivity index (χ2n) is 2.99. The zero-order valence-electron chi connectivity index (χ0n) is 7.77. The van der Waals surface area contributed by atoms with E-state index in [0.29, 0.717) is 17.6 Å². The lowest BCUT2D eigenvalue weighted by Crippen LogP contribution is -2.18. The second kappa shape index (κ2) is 3.14. The van der Waals surface area contributed by atoms with Gasteiger partial charge >= 0.3 is 0 Å². The van der Waals surface area contributed by atoms with Crippen molar-refractivity contribution >= 4 is 11.0 Å². The first-order chi connectivity index (χ1) is 6.74. The minimum atomic E-state index is -0.226. The Morgan fingerprint density at radius 2 is 2.36 bits per heavy atom. The van der Waals surface area contributed by atoms with Crippen LogP contribution in [0, 0.1) is 0 Å². The van der Waals surface area contributed by atoms with Gasteiger partial charge in [0.05, 0.1) is 5.39 Å². The first-order valence-corrected chi connectivity index (χ1v) is 4.41. The highest BCUT2D eigenvalue weighted by atomic mass is 16.3. The van der Waals surface area contributed by atoms with Crippen molar-refractivity contribution in [1.29, 1.82) is 0 Å². The summed E-state index contributed by atoms with van der Waals surface area (Å²) in [6, 6.07) is 4.68. The third kappa shape index (κ3) is 1.16. The van der Waals surface area contributed by atoms with E-state index in [1.165, 1.54) is 10.6 Å². The topological polar surface area (TPSA) is 55.1 Å². The standard InChI is InChI=1S/C10H10N2O2/c1-2-12-9(14)6-8(13)7-4-3-5-11-10(7)12/h3-6,13H,2H2,1H3. The number of hydrogen-bond acceptors (Lipinski definition) is 3. The number of pyridine rings is 2. The number of hydrogen-bond donors (Lipinski definition) is 1. The monoisotopic (exact) mass is 190 g/mol. The molecule has 0 aliphatic carbocycles. The van der Waals surface area contributed by atoms with Gasteiger partial charge in [0.25, 0.3) is 5.56 Å². The Morgan fingerprint density at radius 1 is 1.57 bits per heavy atom. The Hall–Kier alpha value is -1.84. The third-order valence-electron chi connectivity index (χ3n) is 2.16. The number of fused-ring (bicyclic) bond motifs is 1. The van der Waals surface area contributed by atoms with Crippen LogP contribution in [-0.4, -0.2) is 14.7 Å². The molecule has 14 heavy (non-hydrogen) atoms. The molecule has 72 valence electrons. The van der Waals surface area contributed by atoms with E-state index in [0.717, 1.165) is 0 Å². The highest BCUT2D eigenvalue weighted by Crippen LogP contribution is 2.19. The first kappa shape index (κ1) is 8.74. The third-order valence-corrected chi connectivity index (χ3v) is 2.16. The fourth-order valence-electron chi connectivity index (χ4n) is 1.49. The number of nitrogens with zero attached hydrogens (tertiary/aromatic N) is 2. The predicted molar refractivity (Wildman–Crippen MR) is 53.3 cm³/mol.